The van der Waals surface area contributed by atoms with E-state index in [4.69, 9.17) is 14.2 Å². The first-order valence-electron chi connectivity index (χ1n) is 31.6. The Morgan fingerprint density at radius 2 is 0.481 bits per heavy atom. The summed E-state index contributed by atoms with van der Waals surface area (Å²) in [5, 5.41) is 0. The minimum atomic E-state index is -0.824. The van der Waals surface area contributed by atoms with Gasteiger partial charge >= 0.3 is 17.9 Å². The van der Waals surface area contributed by atoms with Crippen LogP contribution in [0.3, 0.4) is 0 Å². The van der Waals surface area contributed by atoms with E-state index in [0.29, 0.717) is 19.3 Å². The number of hydrogen-bond acceptors (Lipinski definition) is 6. The molecule has 0 fully saturated rings. The number of esters is 3. The maximum absolute atomic E-state index is 12.8. The molecule has 0 aliphatic rings. The number of carbonyl (C=O) groups is 3. The van der Waals surface area contributed by atoms with Gasteiger partial charge in [0.05, 0.1) is 0 Å². The summed E-state index contributed by atoms with van der Waals surface area (Å²) in [7, 11) is 0. The van der Waals surface area contributed by atoms with E-state index in [9.17, 15) is 14.4 Å². The van der Waals surface area contributed by atoms with Crippen LogP contribution in [0.15, 0.2) is 207 Å². The average molecular weight is 1110 g/mol. The molecule has 1 atom stereocenters. The molecule has 0 aromatic carbocycles. The lowest BCUT2D eigenvalue weighted by Crippen LogP contribution is -2.30. The normalized spacial score (nSPS) is 13.6. The third-order valence-electron chi connectivity index (χ3n) is 12.3. The Labute approximate surface area is 496 Å². The van der Waals surface area contributed by atoms with Crippen molar-refractivity contribution in [1.29, 1.82) is 0 Å². The van der Waals surface area contributed by atoms with Gasteiger partial charge in [-0.25, -0.2) is 0 Å². The van der Waals surface area contributed by atoms with Gasteiger partial charge in [0.1, 0.15) is 13.2 Å². The van der Waals surface area contributed by atoms with E-state index >= 15 is 0 Å². The quantitative estimate of drug-likeness (QED) is 0.0261. The first kappa shape index (κ1) is 75.0. The van der Waals surface area contributed by atoms with Crippen LogP contribution in [-0.2, 0) is 28.6 Å². The van der Waals surface area contributed by atoms with Gasteiger partial charge in [-0.3, -0.25) is 14.4 Å². The Morgan fingerprint density at radius 1 is 0.259 bits per heavy atom. The van der Waals surface area contributed by atoms with Crippen LogP contribution in [0.2, 0.25) is 0 Å². The Morgan fingerprint density at radius 3 is 0.765 bits per heavy atom. The molecule has 0 spiro atoms. The van der Waals surface area contributed by atoms with Crippen LogP contribution >= 0.6 is 0 Å². The van der Waals surface area contributed by atoms with Crippen LogP contribution in [0.4, 0.5) is 0 Å². The number of hydrogen-bond donors (Lipinski definition) is 0. The lowest BCUT2D eigenvalue weighted by atomic mass is 10.1. The number of unbranched alkanes of at least 4 members (excludes halogenated alkanes) is 9. The minimum absolute atomic E-state index is 0.117. The van der Waals surface area contributed by atoms with E-state index in [1.165, 1.54) is 0 Å². The topological polar surface area (TPSA) is 78.9 Å². The van der Waals surface area contributed by atoms with E-state index in [0.717, 1.165) is 173 Å². The number of allylic oxidation sites excluding steroid dienone is 34. The van der Waals surface area contributed by atoms with Gasteiger partial charge < -0.3 is 14.2 Å². The number of rotatable bonds is 54. The summed E-state index contributed by atoms with van der Waals surface area (Å²) in [6.45, 7) is 6.23. The molecular formula is C75H112O6. The summed E-state index contributed by atoms with van der Waals surface area (Å²) in [5.41, 5.74) is 0. The van der Waals surface area contributed by atoms with Crippen LogP contribution in [0.1, 0.15) is 226 Å². The fourth-order valence-electron chi connectivity index (χ4n) is 7.62. The summed E-state index contributed by atoms with van der Waals surface area (Å²) in [6, 6.07) is 0. The Hall–Kier alpha value is -6.01. The molecule has 0 aromatic heterocycles. The monoisotopic (exact) mass is 1110 g/mol. The second kappa shape index (κ2) is 66.5. The van der Waals surface area contributed by atoms with Gasteiger partial charge in [0, 0.05) is 19.3 Å². The first-order valence-corrected chi connectivity index (χ1v) is 31.6. The maximum Gasteiger partial charge on any atom is 0.306 e. The molecular weight excluding hydrogens is 997 g/mol. The van der Waals surface area contributed by atoms with Gasteiger partial charge in [-0.05, 0) is 154 Å². The first-order chi connectivity index (χ1) is 40.0. The van der Waals surface area contributed by atoms with E-state index in [1.54, 1.807) is 0 Å². The second-order valence-corrected chi connectivity index (χ2v) is 19.9. The predicted molar refractivity (Wildman–Crippen MR) is 352 cm³/mol. The fraction of sp³-hybridized carbons (Fsp3) is 0.507. The van der Waals surface area contributed by atoms with Crippen molar-refractivity contribution in [2.45, 2.75) is 232 Å². The van der Waals surface area contributed by atoms with Gasteiger partial charge in [0.2, 0.25) is 0 Å². The standard InChI is InChI=1S/C75H112O6/c1-4-7-10-13-15-17-19-21-23-25-27-29-31-33-34-35-36-37-38-39-40-42-43-45-47-49-51-53-55-57-59-62-65-68-74(77)80-71-72(70-79-73(76)67-64-61-12-9-6-3)81-75(78)69-66-63-60-58-56-54-52-50-48-46-44-41-32-30-28-26-24-22-20-18-16-14-11-8-5-2/h7-8,10-11,15-18,21-24,27-30,33-34,36-37,39-41,43-45,48-51,54-57,72H,4-6,9,12-14,19-20,25-26,31-32,35,38,42,46-47,52-53,58-71H2,1-3H3/b10-7-,11-8-,17-15-,18-16-,23-21-,24-22-,29-27-,30-28-,34-33-,37-36-,40-39-,44-41-,45-43-,50-48-,51-49-,56-54-,57-55-. The molecule has 1 unspecified atom stereocenters. The highest BCUT2D eigenvalue weighted by Crippen LogP contribution is 2.11. The molecule has 0 aromatic rings. The maximum atomic E-state index is 12.8. The van der Waals surface area contributed by atoms with E-state index in [1.807, 2.05) is 0 Å². The van der Waals surface area contributed by atoms with Crippen molar-refractivity contribution in [3.63, 3.8) is 0 Å². The van der Waals surface area contributed by atoms with Crippen molar-refractivity contribution in [2.75, 3.05) is 13.2 Å². The summed E-state index contributed by atoms with van der Waals surface area (Å²) in [6.07, 6.45) is 103. The third-order valence-corrected chi connectivity index (χ3v) is 12.3. The molecule has 448 valence electrons. The molecule has 0 saturated heterocycles. The Balaban J connectivity index is 4.28. The van der Waals surface area contributed by atoms with E-state index in [2.05, 4.69) is 227 Å². The fourth-order valence-corrected chi connectivity index (χ4v) is 7.62. The van der Waals surface area contributed by atoms with Crippen molar-refractivity contribution in [1.82, 2.24) is 0 Å². The molecule has 0 N–H and O–H groups in total. The lowest BCUT2D eigenvalue weighted by Gasteiger charge is -2.18. The summed E-state index contributed by atoms with van der Waals surface area (Å²) in [4.78, 5) is 37.9. The van der Waals surface area contributed by atoms with Crippen LogP contribution < -0.4 is 0 Å². The summed E-state index contributed by atoms with van der Waals surface area (Å²) in [5.74, 6) is -1.03. The van der Waals surface area contributed by atoms with E-state index < -0.39 is 6.10 Å². The van der Waals surface area contributed by atoms with Gasteiger partial charge in [-0.15, -0.1) is 0 Å². The van der Waals surface area contributed by atoms with Gasteiger partial charge in [-0.1, -0.05) is 259 Å². The zero-order chi connectivity index (χ0) is 58.5. The van der Waals surface area contributed by atoms with Crippen molar-refractivity contribution in [3.8, 4) is 0 Å². The lowest BCUT2D eigenvalue weighted by molar-refractivity contribution is -0.167. The van der Waals surface area contributed by atoms with Crippen molar-refractivity contribution in [2.24, 2.45) is 0 Å². The molecule has 0 aliphatic heterocycles. The van der Waals surface area contributed by atoms with Crippen LogP contribution in [0, 0.1) is 0 Å². The average Bonchev–Trinajstić information content (AvgIpc) is 3.47. The van der Waals surface area contributed by atoms with Gasteiger partial charge in [-0.2, -0.15) is 0 Å². The van der Waals surface area contributed by atoms with E-state index in [-0.39, 0.29) is 44.0 Å². The predicted octanol–water partition coefficient (Wildman–Crippen LogP) is 22.0. The molecule has 0 bridgehead atoms. The van der Waals surface area contributed by atoms with Crippen molar-refractivity contribution >= 4 is 17.9 Å². The zero-order valence-corrected chi connectivity index (χ0v) is 51.2. The minimum Gasteiger partial charge on any atom is -0.462 e. The molecule has 0 rings (SSSR count). The smallest absolute Gasteiger partial charge is 0.306 e. The Kier molecular flexibility index (Phi) is 61.6. The second-order valence-electron chi connectivity index (χ2n) is 19.9. The van der Waals surface area contributed by atoms with Gasteiger partial charge in [0.25, 0.3) is 0 Å². The molecule has 0 aliphatic carbocycles. The third kappa shape index (κ3) is 64.7. The highest BCUT2D eigenvalue weighted by Gasteiger charge is 2.19. The molecule has 0 radical (unpaired) electrons. The molecule has 0 heterocycles. The summed E-state index contributed by atoms with van der Waals surface area (Å²) >= 11 is 0. The van der Waals surface area contributed by atoms with Gasteiger partial charge in [0.15, 0.2) is 6.10 Å². The zero-order valence-electron chi connectivity index (χ0n) is 51.2. The molecule has 6 heteroatoms. The number of ether oxygens (including phenoxy) is 3. The largest absolute Gasteiger partial charge is 0.462 e. The molecule has 0 saturated carbocycles. The SMILES string of the molecule is CC/C=C\C/C=C\C/C=C\C/C=C\C/C=C\C/C=C\C/C=C\C/C=C\C/C=C\C/C=C\CCCCC(=O)OCC(COC(=O)CCCCCCC)OC(=O)CCCCC/C=C\C/C=C\C/C=C\C/C=C\C/C=C\C/C=C\C/C=C\CC. The number of carbonyl (C=O) groups excluding carboxylic acids is 3. The molecule has 6 nitrogen and oxygen atoms in total. The van der Waals surface area contributed by atoms with Crippen LogP contribution in [-0.4, -0.2) is 37.2 Å². The van der Waals surface area contributed by atoms with Crippen LogP contribution in [0.5, 0.6) is 0 Å². The highest BCUT2D eigenvalue weighted by atomic mass is 16.6. The van der Waals surface area contributed by atoms with Crippen molar-refractivity contribution < 1.29 is 28.6 Å². The molecule has 81 heavy (non-hydrogen) atoms. The summed E-state index contributed by atoms with van der Waals surface area (Å²) < 4.78 is 16.7. The van der Waals surface area contributed by atoms with Crippen LogP contribution in [0.25, 0.3) is 0 Å². The van der Waals surface area contributed by atoms with Crippen molar-refractivity contribution in [3.05, 3.63) is 207 Å². The highest BCUT2D eigenvalue weighted by molar-refractivity contribution is 5.71. The Bertz CT molecular complexity index is 2000. The molecule has 0 amide bonds.